The van der Waals surface area contributed by atoms with Gasteiger partial charge in [0.2, 0.25) is 10.0 Å². The van der Waals surface area contributed by atoms with Gasteiger partial charge in [-0.1, -0.05) is 0 Å². The van der Waals surface area contributed by atoms with Gasteiger partial charge in [-0.05, 0) is 19.3 Å². The van der Waals surface area contributed by atoms with Crippen molar-refractivity contribution in [3.8, 4) is 0 Å². The van der Waals surface area contributed by atoms with Crippen molar-refractivity contribution in [3.63, 3.8) is 0 Å². The van der Waals surface area contributed by atoms with Crippen molar-refractivity contribution in [1.29, 1.82) is 0 Å². The second-order valence-electron chi connectivity index (χ2n) is 3.77. The molecular weight excluding hydrogens is 234 g/mol. The van der Waals surface area contributed by atoms with Crippen LogP contribution in [0, 0.1) is 0 Å². The molecule has 94 valence electrons. The maximum Gasteiger partial charge on any atom is 0.322 e. The zero-order chi connectivity index (χ0) is 12.2. The predicted octanol–water partition coefficient (Wildman–Crippen LogP) is -0.0983. The van der Waals surface area contributed by atoms with E-state index >= 15 is 0 Å². The number of hydrogen-bond acceptors (Lipinski definition) is 4. The minimum atomic E-state index is -3.36. The highest BCUT2D eigenvalue weighted by Gasteiger charge is 2.37. The summed E-state index contributed by atoms with van der Waals surface area (Å²) in [5.74, 6) is -1.03. The van der Waals surface area contributed by atoms with E-state index in [1.165, 1.54) is 7.11 Å². The number of nitrogens with zero attached hydrogens (tertiary/aromatic N) is 1. The summed E-state index contributed by atoms with van der Waals surface area (Å²) in [4.78, 5) is 11.0. The summed E-state index contributed by atoms with van der Waals surface area (Å²) in [5, 5.41) is 9.02. The number of hydrogen-bond donors (Lipinski definition) is 1. The molecule has 0 bridgehead atoms. The van der Waals surface area contributed by atoms with E-state index in [9.17, 15) is 13.2 Å². The van der Waals surface area contributed by atoms with Crippen LogP contribution in [-0.2, 0) is 19.6 Å². The SMILES string of the molecule is COCCCC(C(=O)O)N1CCCS1(=O)=O. The van der Waals surface area contributed by atoms with E-state index in [0.717, 1.165) is 4.31 Å². The first-order valence-corrected chi connectivity index (χ1v) is 6.81. The molecule has 0 amide bonds. The van der Waals surface area contributed by atoms with Crippen LogP contribution in [0.25, 0.3) is 0 Å². The molecule has 0 spiro atoms. The number of carboxylic acid groups (broad SMARTS) is 1. The average molecular weight is 251 g/mol. The lowest BCUT2D eigenvalue weighted by atomic mass is 10.1. The van der Waals surface area contributed by atoms with Crippen LogP contribution in [0.2, 0.25) is 0 Å². The van der Waals surface area contributed by atoms with Crippen molar-refractivity contribution in [2.45, 2.75) is 25.3 Å². The maximum atomic E-state index is 11.6. The number of carbonyl (C=O) groups is 1. The first kappa shape index (κ1) is 13.4. The number of methoxy groups -OCH3 is 1. The Hall–Kier alpha value is -0.660. The monoisotopic (exact) mass is 251 g/mol. The Morgan fingerprint density at radius 1 is 1.56 bits per heavy atom. The molecule has 1 rings (SSSR count). The largest absolute Gasteiger partial charge is 0.480 e. The third-order valence-corrected chi connectivity index (χ3v) is 4.55. The first-order chi connectivity index (χ1) is 7.49. The van der Waals surface area contributed by atoms with Gasteiger partial charge in [-0.25, -0.2) is 8.42 Å². The first-order valence-electron chi connectivity index (χ1n) is 5.20. The van der Waals surface area contributed by atoms with Crippen LogP contribution < -0.4 is 0 Å². The third kappa shape index (κ3) is 3.16. The summed E-state index contributed by atoms with van der Waals surface area (Å²) in [6, 6.07) is -0.942. The highest BCUT2D eigenvalue weighted by molar-refractivity contribution is 7.89. The predicted molar refractivity (Wildman–Crippen MR) is 57.6 cm³/mol. The highest BCUT2D eigenvalue weighted by Crippen LogP contribution is 2.20. The number of sulfonamides is 1. The van der Waals surface area contributed by atoms with Crippen LogP contribution in [0.15, 0.2) is 0 Å². The molecule has 0 aromatic carbocycles. The molecule has 0 radical (unpaired) electrons. The van der Waals surface area contributed by atoms with Crippen molar-refractivity contribution in [2.75, 3.05) is 26.0 Å². The number of carboxylic acids is 1. The molecule has 0 aromatic heterocycles. The van der Waals surface area contributed by atoms with Gasteiger partial charge in [0, 0.05) is 20.3 Å². The zero-order valence-corrected chi connectivity index (χ0v) is 10.1. The van der Waals surface area contributed by atoms with E-state index in [0.29, 0.717) is 32.4 Å². The summed E-state index contributed by atoms with van der Waals surface area (Å²) in [7, 11) is -1.83. The average Bonchev–Trinajstić information content (AvgIpc) is 2.52. The van der Waals surface area contributed by atoms with Crippen molar-refractivity contribution in [1.82, 2.24) is 4.31 Å². The molecule has 1 saturated heterocycles. The Labute approximate surface area is 95.2 Å². The van der Waals surface area contributed by atoms with Crippen molar-refractivity contribution in [3.05, 3.63) is 0 Å². The van der Waals surface area contributed by atoms with Gasteiger partial charge in [0.25, 0.3) is 0 Å². The third-order valence-electron chi connectivity index (χ3n) is 2.60. The van der Waals surface area contributed by atoms with Crippen LogP contribution in [0.3, 0.4) is 0 Å². The Balaban J connectivity index is 2.66. The molecule has 1 aliphatic heterocycles. The van der Waals surface area contributed by atoms with E-state index in [-0.39, 0.29) is 5.75 Å². The fourth-order valence-corrected chi connectivity index (χ4v) is 3.54. The van der Waals surface area contributed by atoms with E-state index in [2.05, 4.69) is 0 Å². The van der Waals surface area contributed by atoms with Crippen LogP contribution in [-0.4, -0.2) is 55.9 Å². The quantitative estimate of drug-likeness (QED) is 0.666. The number of aliphatic carboxylic acids is 1. The molecule has 1 aliphatic rings. The molecule has 1 N–H and O–H groups in total. The van der Waals surface area contributed by atoms with Crippen molar-refractivity contribution in [2.24, 2.45) is 0 Å². The molecule has 0 aromatic rings. The Morgan fingerprint density at radius 3 is 2.69 bits per heavy atom. The van der Waals surface area contributed by atoms with E-state index < -0.39 is 22.0 Å². The van der Waals surface area contributed by atoms with Crippen molar-refractivity contribution < 1.29 is 23.1 Å². The summed E-state index contributed by atoms with van der Waals surface area (Å²) < 4.78 is 29.1. The molecule has 0 saturated carbocycles. The second kappa shape index (κ2) is 5.60. The molecule has 1 heterocycles. The van der Waals surface area contributed by atoms with Crippen LogP contribution in [0.4, 0.5) is 0 Å². The van der Waals surface area contributed by atoms with Gasteiger partial charge in [-0.2, -0.15) is 4.31 Å². The minimum Gasteiger partial charge on any atom is -0.480 e. The molecule has 1 unspecified atom stereocenters. The van der Waals surface area contributed by atoms with Gasteiger partial charge in [0.05, 0.1) is 5.75 Å². The fraction of sp³-hybridized carbons (Fsp3) is 0.889. The van der Waals surface area contributed by atoms with Gasteiger partial charge in [0.1, 0.15) is 6.04 Å². The molecule has 0 aliphatic carbocycles. The van der Waals surface area contributed by atoms with Gasteiger partial charge in [0.15, 0.2) is 0 Å². The highest BCUT2D eigenvalue weighted by atomic mass is 32.2. The lowest BCUT2D eigenvalue weighted by Gasteiger charge is -2.22. The summed E-state index contributed by atoms with van der Waals surface area (Å²) in [6.45, 7) is 0.754. The molecule has 1 atom stereocenters. The Bertz CT molecular complexity index is 340. The van der Waals surface area contributed by atoms with E-state index in [1.54, 1.807) is 0 Å². The maximum absolute atomic E-state index is 11.6. The molecule has 6 nitrogen and oxygen atoms in total. The lowest BCUT2D eigenvalue weighted by molar-refractivity contribution is -0.141. The van der Waals surface area contributed by atoms with Crippen molar-refractivity contribution >= 4 is 16.0 Å². The second-order valence-corrected chi connectivity index (χ2v) is 5.81. The normalized spacial score (nSPS) is 22.1. The lowest BCUT2D eigenvalue weighted by Crippen LogP contribution is -2.42. The number of rotatable bonds is 6. The molecule has 16 heavy (non-hydrogen) atoms. The van der Waals surface area contributed by atoms with Crippen LogP contribution in [0.5, 0.6) is 0 Å². The molecular formula is C9H17NO5S. The van der Waals surface area contributed by atoms with Gasteiger partial charge in [-0.15, -0.1) is 0 Å². The van der Waals surface area contributed by atoms with Crippen LogP contribution in [0.1, 0.15) is 19.3 Å². The van der Waals surface area contributed by atoms with Gasteiger partial charge >= 0.3 is 5.97 Å². The Kier molecular flexibility index (Phi) is 4.69. The fourth-order valence-electron chi connectivity index (χ4n) is 1.82. The smallest absolute Gasteiger partial charge is 0.322 e. The van der Waals surface area contributed by atoms with Gasteiger partial charge < -0.3 is 9.84 Å². The van der Waals surface area contributed by atoms with E-state index in [1.807, 2.05) is 0 Å². The summed E-state index contributed by atoms with van der Waals surface area (Å²) in [6.07, 6.45) is 1.35. The standard InChI is InChI=1S/C9H17NO5S/c1-15-6-2-4-8(9(11)12)10-5-3-7-16(10,13)14/h8H,2-7H2,1H3,(H,11,12). The summed E-state index contributed by atoms with van der Waals surface area (Å²) in [5.41, 5.74) is 0. The van der Waals surface area contributed by atoms with Crippen LogP contribution >= 0.6 is 0 Å². The zero-order valence-electron chi connectivity index (χ0n) is 9.26. The molecule has 7 heteroatoms. The number of ether oxygens (including phenoxy) is 1. The molecule has 1 fully saturated rings. The van der Waals surface area contributed by atoms with Gasteiger partial charge in [-0.3, -0.25) is 4.79 Å². The topological polar surface area (TPSA) is 83.9 Å². The Morgan fingerprint density at radius 2 is 2.25 bits per heavy atom. The summed E-state index contributed by atoms with van der Waals surface area (Å²) >= 11 is 0. The van der Waals surface area contributed by atoms with E-state index in [4.69, 9.17) is 9.84 Å². The minimum absolute atomic E-state index is 0.0566.